The molecule has 0 amide bonds. The van der Waals surface area contributed by atoms with Crippen LogP contribution in [0.25, 0.3) is 0 Å². The van der Waals surface area contributed by atoms with E-state index in [1.165, 1.54) is 0 Å². The van der Waals surface area contributed by atoms with Gasteiger partial charge in [0.1, 0.15) is 0 Å². The number of benzene rings is 1. The first-order valence-corrected chi connectivity index (χ1v) is 6.22. The summed E-state index contributed by atoms with van der Waals surface area (Å²) in [5.41, 5.74) is 6.44. The van der Waals surface area contributed by atoms with Crippen molar-refractivity contribution in [2.24, 2.45) is 11.7 Å². The van der Waals surface area contributed by atoms with Gasteiger partial charge in [0.2, 0.25) is 0 Å². The SMILES string of the molecule is CC(C)C(Cc1ccccc1[N+](=O)[O-])NCCN. The minimum Gasteiger partial charge on any atom is -0.329 e. The third-order valence-electron chi connectivity index (χ3n) is 2.98. The Hall–Kier alpha value is -1.46. The van der Waals surface area contributed by atoms with Crippen LogP contribution in [0.2, 0.25) is 0 Å². The number of nitrogens with one attached hydrogen (secondary N) is 1. The fourth-order valence-electron chi connectivity index (χ4n) is 1.91. The molecule has 5 nitrogen and oxygen atoms in total. The fourth-order valence-corrected chi connectivity index (χ4v) is 1.91. The van der Waals surface area contributed by atoms with Crippen LogP contribution < -0.4 is 11.1 Å². The Bertz CT molecular complexity index is 394. The largest absolute Gasteiger partial charge is 0.329 e. The number of hydrogen-bond donors (Lipinski definition) is 2. The molecule has 5 heteroatoms. The van der Waals surface area contributed by atoms with Crippen molar-refractivity contribution < 1.29 is 4.92 Å². The number of nitrogens with two attached hydrogens (primary N) is 1. The van der Waals surface area contributed by atoms with Crippen molar-refractivity contribution in [3.05, 3.63) is 39.9 Å². The molecule has 1 aromatic carbocycles. The summed E-state index contributed by atoms with van der Waals surface area (Å²) >= 11 is 0. The lowest BCUT2D eigenvalue weighted by atomic mass is 9.95. The second kappa shape index (κ2) is 7.08. The Labute approximate surface area is 108 Å². The summed E-state index contributed by atoms with van der Waals surface area (Å²) in [6, 6.07) is 7.10. The summed E-state index contributed by atoms with van der Waals surface area (Å²) in [4.78, 5) is 10.6. The second-order valence-corrected chi connectivity index (χ2v) is 4.68. The lowest BCUT2D eigenvalue weighted by molar-refractivity contribution is -0.385. The van der Waals surface area contributed by atoms with E-state index in [2.05, 4.69) is 19.2 Å². The Kier molecular flexibility index (Phi) is 5.74. The molecular formula is C13H21N3O2. The third-order valence-corrected chi connectivity index (χ3v) is 2.98. The molecule has 1 aromatic rings. The normalized spacial score (nSPS) is 12.7. The molecular weight excluding hydrogens is 230 g/mol. The molecule has 0 aliphatic carbocycles. The first-order valence-electron chi connectivity index (χ1n) is 6.22. The molecule has 100 valence electrons. The van der Waals surface area contributed by atoms with Gasteiger partial charge in [0.25, 0.3) is 5.69 Å². The molecule has 0 heterocycles. The van der Waals surface area contributed by atoms with Crippen molar-refractivity contribution in [3.63, 3.8) is 0 Å². The van der Waals surface area contributed by atoms with E-state index in [0.29, 0.717) is 18.9 Å². The molecule has 0 spiro atoms. The van der Waals surface area contributed by atoms with Crippen LogP contribution >= 0.6 is 0 Å². The predicted molar refractivity (Wildman–Crippen MR) is 72.5 cm³/mol. The van der Waals surface area contributed by atoms with Crippen LogP contribution in [-0.4, -0.2) is 24.1 Å². The molecule has 1 unspecified atom stereocenters. The van der Waals surface area contributed by atoms with Gasteiger partial charge in [-0.15, -0.1) is 0 Å². The third kappa shape index (κ3) is 4.09. The highest BCUT2D eigenvalue weighted by Crippen LogP contribution is 2.21. The number of hydrogen-bond acceptors (Lipinski definition) is 4. The van der Waals surface area contributed by atoms with Crippen molar-refractivity contribution >= 4 is 5.69 Å². The zero-order chi connectivity index (χ0) is 13.5. The molecule has 0 bridgehead atoms. The molecule has 0 radical (unpaired) electrons. The average molecular weight is 251 g/mol. The highest BCUT2D eigenvalue weighted by Gasteiger charge is 2.19. The summed E-state index contributed by atoms with van der Waals surface area (Å²) in [5.74, 6) is 0.399. The van der Waals surface area contributed by atoms with E-state index in [0.717, 1.165) is 12.1 Å². The van der Waals surface area contributed by atoms with Crippen LogP contribution in [0.3, 0.4) is 0 Å². The van der Waals surface area contributed by atoms with E-state index in [4.69, 9.17) is 5.73 Å². The van der Waals surface area contributed by atoms with Crippen molar-refractivity contribution in [2.45, 2.75) is 26.3 Å². The number of nitrogens with zero attached hydrogens (tertiary/aromatic N) is 1. The minimum absolute atomic E-state index is 0.192. The number of nitro groups is 1. The molecule has 1 rings (SSSR count). The van der Waals surface area contributed by atoms with Crippen molar-refractivity contribution in [3.8, 4) is 0 Å². The van der Waals surface area contributed by atoms with E-state index in [1.807, 2.05) is 12.1 Å². The molecule has 18 heavy (non-hydrogen) atoms. The van der Waals surface area contributed by atoms with E-state index in [9.17, 15) is 10.1 Å². The van der Waals surface area contributed by atoms with Gasteiger partial charge in [-0.3, -0.25) is 10.1 Å². The van der Waals surface area contributed by atoms with Gasteiger partial charge in [-0.2, -0.15) is 0 Å². The molecule has 3 N–H and O–H groups in total. The zero-order valence-corrected chi connectivity index (χ0v) is 10.9. The quantitative estimate of drug-likeness (QED) is 0.571. The summed E-state index contributed by atoms with van der Waals surface area (Å²) in [6.07, 6.45) is 0.648. The van der Waals surface area contributed by atoms with Crippen molar-refractivity contribution in [1.29, 1.82) is 0 Å². The number of rotatable bonds is 7. The van der Waals surface area contributed by atoms with Gasteiger partial charge < -0.3 is 11.1 Å². The van der Waals surface area contributed by atoms with Crippen LogP contribution in [0.1, 0.15) is 19.4 Å². The van der Waals surface area contributed by atoms with Crippen LogP contribution in [0, 0.1) is 16.0 Å². The Morgan fingerprint density at radius 3 is 2.61 bits per heavy atom. The van der Waals surface area contributed by atoms with Gasteiger partial charge in [-0.25, -0.2) is 0 Å². The highest BCUT2D eigenvalue weighted by molar-refractivity contribution is 5.40. The topological polar surface area (TPSA) is 81.2 Å². The van der Waals surface area contributed by atoms with E-state index < -0.39 is 0 Å². The molecule has 0 aliphatic heterocycles. The summed E-state index contributed by atoms with van der Waals surface area (Å²) < 4.78 is 0. The molecule has 0 aliphatic rings. The molecule has 0 saturated carbocycles. The van der Waals surface area contributed by atoms with Crippen molar-refractivity contribution in [1.82, 2.24) is 5.32 Å². The average Bonchev–Trinajstić information content (AvgIpc) is 2.34. The lowest BCUT2D eigenvalue weighted by Crippen LogP contribution is -2.38. The molecule has 0 aromatic heterocycles. The first-order chi connectivity index (χ1) is 8.56. The first kappa shape index (κ1) is 14.6. The van der Waals surface area contributed by atoms with Crippen molar-refractivity contribution in [2.75, 3.05) is 13.1 Å². The molecule has 0 fully saturated rings. The second-order valence-electron chi connectivity index (χ2n) is 4.68. The maximum atomic E-state index is 11.0. The lowest BCUT2D eigenvalue weighted by Gasteiger charge is -2.22. The molecule has 1 atom stereocenters. The van der Waals surface area contributed by atoms with Gasteiger partial charge in [-0.05, 0) is 12.3 Å². The monoisotopic (exact) mass is 251 g/mol. The zero-order valence-electron chi connectivity index (χ0n) is 10.9. The smallest absolute Gasteiger partial charge is 0.272 e. The maximum absolute atomic E-state index is 11.0. The highest BCUT2D eigenvalue weighted by atomic mass is 16.6. The van der Waals surface area contributed by atoms with Gasteiger partial charge >= 0.3 is 0 Å². The standard InChI is InChI=1S/C13H21N3O2/c1-10(2)12(15-8-7-14)9-11-5-3-4-6-13(11)16(17)18/h3-6,10,12,15H,7-9,14H2,1-2H3. The van der Waals surface area contributed by atoms with Gasteiger partial charge in [0.05, 0.1) is 4.92 Å². The van der Waals surface area contributed by atoms with E-state index in [1.54, 1.807) is 12.1 Å². The minimum atomic E-state index is -0.324. The van der Waals surface area contributed by atoms with Crippen LogP contribution in [0.15, 0.2) is 24.3 Å². The summed E-state index contributed by atoms with van der Waals surface area (Å²) in [6.45, 7) is 5.50. The van der Waals surface area contributed by atoms with Gasteiger partial charge in [0.15, 0.2) is 0 Å². The Balaban J connectivity index is 2.83. The van der Waals surface area contributed by atoms with Gasteiger partial charge in [0, 0.05) is 30.8 Å². The van der Waals surface area contributed by atoms with Crippen LogP contribution in [-0.2, 0) is 6.42 Å². The Morgan fingerprint density at radius 1 is 1.39 bits per heavy atom. The summed E-state index contributed by atoms with van der Waals surface area (Å²) in [7, 11) is 0. The molecule has 0 saturated heterocycles. The number of nitro benzene ring substituents is 1. The predicted octanol–water partition coefficient (Wildman–Crippen LogP) is 1.71. The van der Waals surface area contributed by atoms with Gasteiger partial charge in [-0.1, -0.05) is 32.0 Å². The summed E-state index contributed by atoms with van der Waals surface area (Å²) in [5, 5.41) is 14.3. The van der Waals surface area contributed by atoms with Crippen LogP contribution in [0.4, 0.5) is 5.69 Å². The maximum Gasteiger partial charge on any atom is 0.272 e. The van der Waals surface area contributed by atoms with E-state index >= 15 is 0 Å². The fraction of sp³-hybridized carbons (Fsp3) is 0.538. The van der Waals surface area contributed by atoms with E-state index in [-0.39, 0.29) is 16.7 Å². The van der Waals surface area contributed by atoms with Crippen LogP contribution in [0.5, 0.6) is 0 Å². The number of para-hydroxylation sites is 1. The Morgan fingerprint density at radius 2 is 2.06 bits per heavy atom.